The quantitative estimate of drug-likeness (QED) is 0.593. The highest BCUT2D eigenvalue weighted by Gasteiger charge is 2.21. The van der Waals surface area contributed by atoms with Crippen LogP contribution < -0.4 is 10.9 Å². The molecule has 8 nitrogen and oxygen atoms in total. The van der Waals surface area contributed by atoms with Gasteiger partial charge in [-0.05, 0) is 50.5 Å². The van der Waals surface area contributed by atoms with E-state index in [2.05, 4.69) is 15.3 Å². The van der Waals surface area contributed by atoms with Crippen LogP contribution in [-0.4, -0.2) is 32.2 Å². The number of pyridine rings is 1. The average molecular weight is 396 g/mol. The maximum atomic E-state index is 12.3. The Kier molecular flexibility index (Phi) is 5.35. The minimum absolute atomic E-state index is 0.0206. The van der Waals surface area contributed by atoms with Gasteiger partial charge in [0.2, 0.25) is 5.91 Å². The molecule has 1 fully saturated rings. The molecule has 1 unspecified atom stereocenters. The summed E-state index contributed by atoms with van der Waals surface area (Å²) in [6, 6.07) is 8.28. The lowest BCUT2D eigenvalue weighted by Gasteiger charge is -2.10. The average Bonchev–Trinajstić information content (AvgIpc) is 3.32. The summed E-state index contributed by atoms with van der Waals surface area (Å²) >= 11 is 0. The van der Waals surface area contributed by atoms with Gasteiger partial charge in [-0.2, -0.15) is 0 Å². The van der Waals surface area contributed by atoms with E-state index in [9.17, 15) is 14.7 Å². The van der Waals surface area contributed by atoms with Crippen LogP contribution in [0.1, 0.15) is 43.3 Å². The number of benzene rings is 1. The summed E-state index contributed by atoms with van der Waals surface area (Å²) < 4.78 is 7.22. The summed E-state index contributed by atoms with van der Waals surface area (Å²) in [5.74, 6) is 0.668. The highest BCUT2D eigenvalue weighted by Crippen LogP contribution is 2.28. The van der Waals surface area contributed by atoms with Gasteiger partial charge in [0.05, 0.1) is 11.0 Å². The summed E-state index contributed by atoms with van der Waals surface area (Å²) in [6.45, 7) is 2.94. The standard InChI is InChI=1S/C21H24N4O4/c1-13-10-15(26)12-20(28)25(13)8-2-5-19(27)22-14-6-7-16-17(11-14)24-21(23-16)18-4-3-9-29-18/h6-7,10-12,18,26H,2-5,8-9H2,1H3,(H,22,27)(H,23,24). The van der Waals surface area contributed by atoms with Crippen LogP contribution in [0.5, 0.6) is 5.75 Å². The first-order valence-corrected chi connectivity index (χ1v) is 9.81. The third-order valence-electron chi connectivity index (χ3n) is 5.12. The first-order valence-electron chi connectivity index (χ1n) is 9.81. The second-order valence-electron chi connectivity index (χ2n) is 7.35. The van der Waals surface area contributed by atoms with Gasteiger partial charge in [-0.25, -0.2) is 4.98 Å². The minimum Gasteiger partial charge on any atom is -0.508 e. The number of carbonyl (C=O) groups is 1. The third kappa shape index (κ3) is 4.32. The number of nitrogens with one attached hydrogen (secondary N) is 2. The van der Waals surface area contributed by atoms with E-state index < -0.39 is 0 Å². The number of nitrogens with zero attached hydrogens (tertiary/aromatic N) is 2. The number of rotatable bonds is 6. The maximum absolute atomic E-state index is 12.3. The number of carbonyl (C=O) groups excluding carboxylic acids is 1. The summed E-state index contributed by atoms with van der Waals surface area (Å²) in [5, 5.41) is 12.3. The van der Waals surface area contributed by atoms with Crippen molar-refractivity contribution in [2.45, 2.75) is 45.3 Å². The van der Waals surface area contributed by atoms with Crippen LogP contribution in [0.25, 0.3) is 11.0 Å². The van der Waals surface area contributed by atoms with Crippen molar-refractivity contribution >= 4 is 22.6 Å². The number of aromatic amines is 1. The Morgan fingerprint density at radius 3 is 3.00 bits per heavy atom. The van der Waals surface area contributed by atoms with Gasteiger partial charge < -0.3 is 24.7 Å². The number of hydrogen-bond donors (Lipinski definition) is 3. The molecule has 0 saturated carbocycles. The fraction of sp³-hybridized carbons (Fsp3) is 0.381. The van der Waals surface area contributed by atoms with Crippen LogP contribution in [0.4, 0.5) is 5.69 Å². The molecule has 1 aliphatic rings. The predicted molar refractivity (Wildman–Crippen MR) is 109 cm³/mol. The predicted octanol–water partition coefficient (Wildman–Crippen LogP) is 3.01. The number of aryl methyl sites for hydroxylation is 1. The van der Waals surface area contributed by atoms with E-state index in [4.69, 9.17) is 4.74 Å². The van der Waals surface area contributed by atoms with E-state index in [0.29, 0.717) is 24.3 Å². The molecule has 1 aliphatic heterocycles. The van der Waals surface area contributed by atoms with E-state index >= 15 is 0 Å². The van der Waals surface area contributed by atoms with Crippen molar-refractivity contribution < 1.29 is 14.6 Å². The Morgan fingerprint density at radius 2 is 2.24 bits per heavy atom. The van der Waals surface area contributed by atoms with Gasteiger partial charge in [0.1, 0.15) is 17.7 Å². The van der Waals surface area contributed by atoms with Crippen LogP contribution in [0.2, 0.25) is 0 Å². The molecule has 3 N–H and O–H groups in total. The summed E-state index contributed by atoms with van der Waals surface area (Å²) in [4.78, 5) is 32.1. The number of hydrogen-bond acceptors (Lipinski definition) is 5. The van der Waals surface area contributed by atoms with Crippen LogP contribution in [0, 0.1) is 6.92 Å². The van der Waals surface area contributed by atoms with E-state index in [1.807, 2.05) is 18.2 Å². The zero-order chi connectivity index (χ0) is 20.4. The van der Waals surface area contributed by atoms with Crippen molar-refractivity contribution in [2.24, 2.45) is 0 Å². The molecule has 0 aliphatic carbocycles. The number of anilines is 1. The number of fused-ring (bicyclic) bond motifs is 1. The SMILES string of the molecule is Cc1cc(O)cc(=O)n1CCCC(=O)Nc1ccc2nc(C3CCCO3)[nH]c2c1. The molecule has 2 aromatic heterocycles. The molecule has 4 rings (SSSR count). The van der Waals surface area contributed by atoms with Gasteiger partial charge in [-0.3, -0.25) is 9.59 Å². The van der Waals surface area contributed by atoms with Crippen LogP contribution in [0.15, 0.2) is 35.1 Å². The molecule has 1 aromatic carbocycles. The van der Waals surface area contributed by atoms with Crippen LogP contribution in [0.3, 0.4) is 0 Å². The highest BCUT2D eigenvalue weighted by atomic mass is 16.5. The van der Waals surface area contributed by atoms with Crippen molar-refractivity contribution in [1.82, 2.24) is 14.5 Å². The first kappa shape index (κ1) is 19.2. The summed E-state index contributed by atoms with van der Waals surface area (Å²) in [7, 11) is 0. The monoisotopic (exact) mass is 396 g/mol. The van der Waals surface area contributed by atoms with Crippen molar-refractivity contribution in [2.75, 3.05) is 11.9 Å². The van der Waals surface area contributed by atoms with E-state index in [1.165, 1.54) is 12.1 Å². The zero-order valence-corrected chi connectivity index (χ0v) is 16.3. The molecule has 8 heteroatoms. The fourth-order valence-corrected chi connectivity index (χ4v) is 3.67. The molecule has 29 heavy (non-hydrogen) atoms. The number of H-pyrrole nitrogens is 1. The number of aromatic nitrogens is 3. The molecule has 1 atom stereocenters. The Morgan fingerprint density at radius 1 is 1.38 bits per heavy atom. The van der Waals surface area contributed by atoms with Gasteiger partial charge in [0.15, 0.2) is 0 Å². The normalized spacial score (nSPS) is 16.4. The lowest BCUT2D eigenvalue weighted by Crippen LogP contribution is -2.22. The van der Waals surface area contributed by atoms with E-state index in [0.717, 1.165) is 36.3 Å². The number of amides is 1. The maximum Gasteiger partial charge on any atom is 0.254 e. The van der Waals surface area contributed by atoms with Crippen molar-refractivity contribution in [3.8, 4) is 5.75 Å². The lowest BCUT2D eigenvalue weighted by molar-refractivity contribution is -0.116. The van der Waals surface area contributed by atoms with Crippen molar-refractivity contribution in [3.05, 3.63) is 52.2 Å². The molecular formula is C21H24N4O4. The molecule has 1 saturated heterocycles. The molecule has 1 amide bonds. The fourth-order valence-electron chi connectivity index (χ4n) is 3.67. The van der Waals surface area contributed by atoms with Gasteiger partial charge in [0.25, 0.3) is 5.56 Å². The Balaban J connectivity index is 1.35. The summed E-state index contributed by atoms with van der Waals surface area (Å²) in [5.41, 5.74) is 2.80. The Bertz CT molecular complexity index is 1100. The van der Waals surface area contributed by atoms with Gasteiger partial charge in [-0.15, -0.1) is 0 Å². The molecule has 0 spiro atoms. The second-order valence-corrected chi connectivity index (χ2v) is 7.35. The summed E-state index contributed by atoms with van der Waals surface area (Å²) in [6.07, 6.45) is 2.83. The van der Waals surface area contributed by atoms with Crippen molar-refractivity contribution in [1.29, 1.82) is 0 Å². The zero-order valence-electron chi connectivity index (χ0n) is 16.3. The highest BCUT2D eigenvalue weighted by molar-refractivity contribution is 5.93. The van der Waals surface area contributed by atoms with Gasteiger partial charge in [-0.1, -0.05) is 0 Å². The van der Waals surface area contributed by atoms with Crippen LogP contribution >= 0.6 is 0 Å². The Hall–Kier alpha value is -3.13. The van der Waals surface area contributed by atoms with Crippen molar-refractivity contribution in [3.63, 3.8) is 0 Å². The number of imidazole rings is 1. The second kappa shape index (κ2) is 8.08. The van der Waals surface area contributed by atoms with Gasteiger partial charge >= 0.3 is 0 Å². The molecule has 0 bridgehead atoms. The van der Waals surface area contributed by atoms with E-state index in [1.54, 1.807) is 11.5 Å². The molecule has 3 heterocycles. The van der Waals surface area contributed by atoms with Crippen LogP contribution in [-0.2, 0) is 16.1 Å². The molecular weight excluding hydrogens is 372 g/mol. The Labute approximate surface area is 167 Å². The molecule has 152 valence electrons. The minimum atomic E-state index is -0.269. The van der Waals surface area contributed by atoms with Gasteiger partial charge in [0, 0.05) is 37.0 Å². The first-order chi connectivity index (χ1) is 14.0. The third-order valence-corrected chi connectivity index (χ3v) is 5.12. The number of ether oxygens (including phenoxy) is 1. The van der Waals surface area contributed by atoms with E-state index in [-0.39, 0.29) is 29.7 Å². The number of aromatic hydroxyl groups is 1. The largest absolute Gasteiger partial charge is 0.508 e. The molecule has 0 radical (unpaired) electrons. The smallest absolute Gasteiger partial charge is 0.254 e. The molecule has 3 aromatic rings. The lowest BCUT2D eigenvalue weighted by atomic mass is 10.2. The topological polar surface area (TPSA) is 109 Å².